The molecule has 0 N–H and O–H groups in total. The zero-order valence-electron chi connectivity index (χ0n) is 47.2. The molecule has 1 atom stereocenters. The second-order valence-corrected chi connectivity index (χ2v) is 20.6. The fourth-order valence-electron chi connectivity index (χ4n) is 8.90. The number of hydrogen-bond acceptors (Lipinski definition) is 6. The van der Waals surface area contributed by atoms with E-state index in [2.05, 4.69) is 81.5 Å². The molecule has 412 valence electrons. The predicted molar refractivity (Wildman–Crippen MR) is 307 cm³/mol. The van der Waals surface area contributed by atoms with E-state index in [1.165, 1.54) is 186 Å². The van der Waals surface area contributed by atoms with Crippen LogP contribution in [0, 0.1) is 0 Å². The van der Waals surface area contributed by atoms with Crippen LogP contribution >= 0.6 is 0 Å². The summed E-state index contributed by atoms with van der Waals surface area (Å²) in [6.07, 6.45) is 75.3. The van der Waals surface area contributed by atoms with Gasteiger partial charge in [-0.25, -0.2) is 0 Å². The fraction of sp³-hybridized carbons (Fsp3) is 0.800. The Kier molecular flexibility index (Phi) is 57.2. The van der Waals surface area contributed by atoms with Gasteiger partial charge in [0.15, 0.2) is 6.10 Å². The van der Waals surface area contributed by atoms with Crippen LogP contribution in [-0.4, -0.2) is 37.2 Å². The Morgan fingerprint density at radius 1 is 0.296 bits per heavy atom. The molecule has 0 amide bonds. The minimum absolute atomic E-state index is 0.0735. The van der Waals surface area contributed by atoms with Crippen LogP contribution in [0.4, 0.5) is 0 Å². The molecule has 0 aliphatic carbocycles. The van der Waals surface area contributed by atoms with Crippen molar-refractivity contribution in [1.82, 2.24) is 0 Å². The Bertz CT molecular complexity index is 1280. The standard InChI is InChI=1S/C65H116O6/c1-4-7-10-13-16-19-21-23-25-27-28-29-30-31-32-33-34-35-36-37-38-39-41-42-44-46-49-52-55-58-64(67)70-61-62(60-69-63(66)57-54-51-48-18-15-12-9-6-3)71-65(68)59-56-53-50-47-45-43-40-26-24-22-20-17-14-11-8-5-2/h7,10,16,19,23,25-26,28-29,40,62H,4-6,8-9,11-15,17-18,20-22,24,27,30-39,41-61H2,1-3H3/b10-7-,19-16-,25-23-,29-28-,40-26-. The first-order valence-electron chi connectivity index (χ1n) is 30.8. The van der Waals surface area contributed by atoms with E-state index in [1.54, 1.807) is 0 Å². The number of ether oxygens (including phenoxy) is 3. The number of esters is 3. The molecule has 0 aliphatic heterocycles. The largest absolute Gasteiger partial charge is 0.462 e. The van der Waals surface area contributed by atoms with Gasteiger partial charge in [-0.1, -0.05) is 274 Å². The molecule has 0 fully saturated rings. The van der Waals surface area contributed by atoms with Gasteiger partial charge in [-0.3, -0.25) is 14.4 Å². The van der Waals surface area contributed by atoms with Crippen molar-refractivity contribution in [3.8, 4) is 0 Å². The number of allylic oxidation sites excluding steroid dienone is 10. The average molecular weight is 994 g/mol. The Morgan fingerprint density at radius 3 is 0.873 bits per heavy atom. The van der Waals surface area contributed by atoms with Crippen LogP contribution in [0.15, 0.2) is 60.8 Å². The summed E-state index contributed by atoms with van der Waals surface area (Å²) in [7, 11) is 0. The van der Waals surface area contributed by atoms with Crippen LogP contribution in [0.1, 0.15) is 316 Å². The molecule has 0 aliphatic rings. The number of carbonyl (C=O) groups excluding carboxylic acids is 3. The molecule has 0 aromatic heterocycles. The topological polar surface area (TPSA) is 78.9 Å². The van der Waals surface area contributed by atoms with Crippen LogP contribution in [0.3, 0.4) is 0 Å². The fourth-order valence-corrected chi connectivity index (χ4v) is 8.90. The molecule has 0 bridgehead atoms. The van der Waals surface area contributed by atoms with Crippen LogP contribution in [0.5, 0.6) is 0 Å². The second-order valence-electron chi connectivity index (χ2n) is 20.6. The van der Waals surface area contributed by atoms with Crippen molar-refractivity contribution >= 4 is 17.9 Å². The summed E-state index contributed by atoms with van der Waals surface area (Å²) in [5.74, 6) is -0.872. The maximum absolute atomic E-state index is 12.8. The molecule has 0 heterocycles. The van der Waals surface area contributed by atoms with Crippen molar-refractivity contribution in [2.24, 2.45) is 0 Å². The van der Waals surface area contributed by atoms with Gasteiger partial charge in [0.25, 0.3) is 0 Å². The zero-order chi connectivity index (χ0) is 51.4. The minimum atomic E-state index is -0.774. The van der Waals surface area contributed by atoms with Crippen molar-refractivity contribution in [3.63, 3.8) is 0 Å². The summed E-state index contributed by atoms with van der Waals surface area (Å²) >= 11 is 0. The van der Waals surface area contributed by atoms with Crippen molar-refractivity contribution in [3.05, 3.63) is 60.8 Å². The summed E-state index contributed by atoms with van der Waals surface area (Å²) in [6, 6.07) is 0. The molecule has 0 rings (SSSR count). The van der Waals surface area contributed by atoms with E-state index in [-0.39, 0.29) is 31.1 Å². The number of hydrogen-bond donors (Lipinski definition) is 0. The van der Waals surface area contributed by atoms with Crippen molar-refractivity contribution < 1.29 is 28.6 Å². The molecule has 0 aromatic carbocycles. The van der Waals surface area contributed by atoms with Gasteiger partial charge in [-0.05, 0) is 83.5 Å². The quantitative estimate of drug-likeness (QED) is 0.0261. The molecule has 0 aromatic rings. The van der Waals surface area contributed by atoms with E-state index in [4.69, 9.17) is 14.2 Å². The van der Waals surface area contributed by atoms with Crippen molar-refractivity contribution in [2.45, 2.75) is 322 Å². The Hall–Kier alpha value is -2.89. The van der Waals surface area contributed by atoms with Crippen LogP contribution in [0.2, 0.25) is 0 Å². The average Bonchev–Trinajstić information content (AvgIpc) is 3.37. The van der Waals surface area contributed by atoms with Gasteiger partial charge in [-0.2, -0.15) is 0 Å². The van der Waals surface area contributed by atoms with E-state index < -0.39 is 6.10 Å². The lowest BCUT2D eigenvalue weighted by Crippen LogP contribution is -2.30. The lowest BCUT2D eigenvalue weighted by Gasteiger charge is -2.18. The molecule has 0 saturated heterocycles. The Morgan fingerprint density at radius 2 is 0.549 bits per heavy atom. The smallest absolute Gasteiger partial charge is 0.306 e. The van der Waals surface area contributed by atoms with Gasteiger partial charge in [0.05, 0.1) is 0 Å². The highest BCUT2D eigenvalue weighted by Crippen LogP contribution is 2.17. The predicted octanol–water partition coefficient (Wildman–Crippen LogP) is 20.8. The van der Waals surface area contributed by atoms with Crippen LogP contribution < -0.4 is 0 Å². The van der Waals surface area contributed by atoms with Gasteiger partial charge >= 0.3 is 17.9 Å². The zero-order valence-corrected chi connectivity index (χ0v) is 47.2. The maximum atomic E-state index is 12.8. The molecule has 71 heavy (non-hydrogen) atoms. The first-order chi connectivity index (χ1) is 35.0. The number of carbonyl (C=O) groups is 3. The third-order valence-electron chi connectivity index (χ3n) is 13.5. The summed E-state index contributed by atoms with van der Waals surface area (Å²) in [6.45, 7) is 6.52. The van der Waals surface area contributed by atoms with E-state index in [0.29, 0.717) is 19.3 Å². The second kappa shape index (κ2) is 59.7. The van der Waals surface area contributed by atoms with Gasteiger partial charge < -0.3 is 14.2 Å². The Balaban J connectivity index is 4.10. The maximum Gasteiger partial charge on any atom is 0.306 e. The first kappa shape index (κ1) is 68.1. The molecule has 0 spiro atoms. The van der Waals surface area contributed by atoms with Gasteiger partial charge in [0.2, 0.25) is 0 Å². The highest BCUT2D eigenvalue weighted by Gasteiger charge is 2.19. The van der Waals surface area contributed by atoms with E-state index >= 15 is 0 Å². The number of rotatable bonds is 56. The van der Waals surface area contributed by atoms with E-state index in [1.807, 2.05) is 0 Å². The minimum Gasteiger partial charge on any atom is -0.462 e. The van der Waals surface area contributed by atoms with E-state index in [9.17, 15) is 14.4 Å². The third kappa shape index (κ3) is 57.9. The molecule has 6 nitrogen and oxygen atoms in total. The van der Waals surface area contributed by atoms with Gasteiger partial charge in [0.1, 0.15) is 13.2 Å². The lowest BCUT2D eigenvalue weighted by molar-refractivity contribution is -0.167. The summed E-state index contributed by atoms with van der Waals surface area (Å²) in [5, 5.41) is 0. The molecule has 1 unspecified atom stereocenters. The molecule has 0 radical (unpaired) electrons. The summed E-state index contributed by atoms with van der Waals surface area (Å²) in [4.78, 5) is 38.0. The van der Waals surface area contributed by atoms with Crippen molar-refractivity contribution in [1.29, 1.82) is 0 Å². The normalized spacial score (nSPS) is 12.4. The summed E-state index contributed by atoms with van der Waals surface area (Å²) < 4.78 is 16.8. The highest BCUT2D eigenvalue weighted by molar-refractivity contribution is 5.71. The molecule has 0 saturated carbocycles. The highest BCUT2D eigenvalue weighted by atomic mass is 16.6. The lowest BCUT2D eigenvalue weighted by atomic mass is 10.0. The summed E-state index contributed by atoms with van der Waals surface area (Å²) in [5.41, 5.74) is 0. The Labute approximate surface area is 440 Å². The van der Waals surface area contributed by atoms with Gasteiger partial charge in [0, 0.05) is 19.3 Å². The monoisotopic (exact) mass is 993 g/mol. The molecule has 6 heteroatoms. The number of unbranched alkanes of at least 4 members (excludes halogenated alkanes) is 35. The third-order valence-corrected chi connectivity index (χ3v) is 13.5. The molecular formula is C65H116O6. The van der Waals surface area contributed by atoms with Crippen LogP contribution in [0.25, 0.3) is 0 Å². The van der Waals surface area contributed by atoms with Crippen LogP contribution in [-0.2, 0) is 28.6 Å². The van der Waals surface area contributed by atoms with Gasteiger partial charge in [-0.15, -0.1) is 0 Å². The van der Waals surface area contributed by atoms with Crippen molar-refractivity contribution in [2.75, 3.05) is 13.2 Å². The SMILES string of the molecule is CC/C=C\C/C=C\C/C=C\C/C=C\CCCCCCCCCCCCCCCCCCC(=O)OCC(COC(=O)CCCCCCCCCC)OC(=O)CCCCCCC/C=C\CCCCCCCCC. The van der Waals surface area contributed by atoms with E-state index in [0.717, 1.165) is 89.9 Å². The molecular weight excluding hydrogens is 877 g/mol. The first-order valence-corrected chi connectivity index (χ1v) is 30.8.